The SMILES string of the molecule is O=C(NCCC1CCCC1)Nc1ccccc1OC(F)F. The van der Waals surface area contributed by atoms with E-state index in [1.165, 1.54) is 37.8 Å². The van der Waals surface area contributed by atoms with Crippen LogP contribution in [0.15, 0.2) is 24.3 Å². The first kappa shape index (κ1) is 15.5. The smallest absolute Gasteiger partial charge is 0.387 e. The van der Waals surface area contributed by atoms with E-state index in [2.05, 4.69) is 15.4 Å². The molecule has 2 rings (SSSR count). The Labute approximate surface area is 122 Å². The van der Waals surface area contributed by atoms with E-state index in [4.69, 9.17) is 0 Å². The summed E-state index contributed by atoms with van der Waals surface area (Å²) in [7, 11) is 0. The highest BCUT2D eigenvalue weighted by Crippen LogP contribution is 2.27. The van der Waals surface area contributed by atoms with Gasteiger partial charge in [-0.1, -0.05) is 37.8 Å². The van der Waals surface area contributed by atoms with Crippen molar-refractivity contribution in [1.82, 2.24) is 5.32 Å². The Kier molecular flexibility index (Phi) is 5.78. The molecule has 0 unspecified atom stereocenters. The van der Waals surface area contributed by atoms with E-state index in [0.29, 0.717) is 12.5 Å². The average Bonchev–Trinajstić information content (AvgIpc) is 2.93. The summed E-state index contributed by atoms with van der Waals surface area (Å²) in [5.41, 5.74) is 0.233. The normalized spacial score (nSPS) is 15.2. The van der Waals surface area contributed by atoms with Gasteiger partial charge in [0.05, 0.1) is 5.69 Å². The van der Waals surface area contributed by atoms with Crippen LogP contribution in [0.2, 0.25) is 0 Å². The van der Waals surface area contributed by atoms with Crippen LogP contribution in [-0.4, -0.2) is 19.2 Å². The van der Waals surface area contributed by atoms with Crippen molar-refractivity contribution in [2.45, 2.75) is 38.7 Å². The van der Waals surface area contributed by atoms with Crippen LogP contribution in [0.1, 0.15) is 32.1 Å². The lowest BCUT2D eigenvalue weighted by molar-refractivity contribution is -0.0493. The summed E-state index contributed by atoms with van der Waals surface area (Å²) in [6.07, 6.45) is 5.97. The van der Waals surface area contributed by atoms with Crippen LogP contribution in [0.5, 0.6) is 5.75 Å². The van der Waals surface area contributed by atoms with Gasteiger partial charge in [0, 0.05) is 6.54 Å². The number of urea groups is 1. The number of rotatable bonds is 6. The Balaban J connectivity index is 1.78. The zero-order valence-corrected chi connectivity index (χ0v) is 11.8. The second-order valence-corrected chi connectivity index (χ2v) is 5.19. The van der Waals surface area contributed by atoms with E-state index in [9.17, 15) is 13.6 Å². The van der Waals surface area contributed by atoms with Crippen molar-refractivity contribution < 1.29 is 18.3 Å². The van der Waals surface area contributed by atoms with Crippen LogP contribution < -0.4 is 15.4 Å². The van der Waals surface area contributed by atoms with Crippen LogP contribution in [0.4, 0.5) is 19.3 Å². The van der Waals surface area contributed by atoms with Gasteiger partial charge in [-0.15, -0.1) is 0 Å². The van der Waals surface area contributed by atoms with Crippen LogP contribution in [0.3, 0.4) is 0 Å². The van der Waals surface area contributed by atoms with Crippen LogP contribution in [0.25, 0.3) is 0 Å². The molecule has 0 bridgehead atoms. The summed E-state index contributed by atoms with van der Waals surface area (Å²) in [6.45, 7) is -2.33. The van der Waals surface area contributed by atoms with E-state index in [-0.39, 0.29) is 11.4 Å². The van der Waals surface area contributed by atoms with Gasteiger partial charge in [-0.2, -0.15) is 8.78 Å². The Morgan fingerprint density at radius 1 is 1.29 bits per heavy atom. The number of para-hydroxylation sites is 2. The molecule has 0 spiro atoms. The average molecular weight is 298 g/mol. The number of halogens is 2. The maximum atomic E-state index is 12.3. The van der Waals surface area contributed by atoms with Gasteiger partial charge in [0.15, 0.2) is 0 Å². The summed E-state index contributed by atoms with van der Waals surface area (Å²) in [5, 5.41) is 5.28. The number of amides is 2. The molecule has 116 valence electrons. The lowest BCUT2D eigenvalue weighted by Gasteiger charge is -2.13. The fourth-order valence-electron chi connectivity index (χ4n) is 2.62. The molecule has 0 aromatic heterocycles. The summed E-state index contributed by atoms with van der Waals surface area (Å²) >= 11 is 0. The van der Waals surface area contributed by atoms with Crippen molar-refractivity contribution >= 4 is 11.7 Å². The molecule has 1 aromatic rings. The monoisotopic (exact) mass is 298 g/mol. The van der Waals surface area contributed by atoms with Gasteiger partial charge in [-0.05, 0) is 24.5 Å². The number of benzene rings is 1. The zero-order chi connectivity index (χ0) is 15.1. The molecular weight excluding hydrogens is 278 g/mol. The third kappa shape index (κ3) is 5.21. The summed E-state index contributed by atoms with van der Waals surface area (Å²) in [5.74, 6) is 0.651. The Bertz CT molecular complexity index is 463. The fourth-order valence-corrected chi connectivity index (χ4v) is 2.62. The third-order valence-corrected chi connectivity index (χ3v) is 3.66. The maximum absolute atomic E-state index is 12.3. The molecule has 1 aliphatic carbocycles. The first-order valence-corrected chi connectivity index (χ1v) is 7.24. The van der Waals surface area contributed by atoms with Crippen LogP contribution in [0, 0.1) is 5.92 Å². The number of alkyl halides is 2. The molecule has 0 aliphatic heterocycles. The molecule has 1 aliphatic rings. The highest BCUT2D eigenvalue weighted by atomic mass is 19.3. The number of carbonyl (C=O) groups is 1. The molecule has 0 atom stereocenters. The topological polar surface area (TPSA) is 50.4 Å². The number of ether oxygens (including phenoxy) is 1. The van der Waals surface area contributed by atoms with E-state index in [1.54, 1.807) is 12.1 Å². The van der Waals surface area contributed by atoms with Gasteiger partial charge < -0.3 is 15.4 Å². The van der Waals surface area contributed by atoms with Crippen molar-refractivity contribution in [3.63, 3.8) is 0 Å². The van der Waals surface area contributed by atoms with E-state index in [0.717, 1.165) is 6.42 Å². The first-order valence-electron chi connectivity index (χ1n) is 7.24. The van der Waals surface area contributed by atoms with Gasteiger partial charge in [-0.25, -0.2) is 4.79 Å². The minimum absolute atomic E-state index is 0.0431. The van der Waals surface area contributed by atoms with Crippen molar-refractivity contribution in [2.75, 3.05) is 11.9 Å². The Morgan fingerprint density at radius 3 is 2.71 bits per heavy atom. The van der Waals surface area contributed by atoms with Gasteiger partial charge in [-0.3, -0.25) is 0 Å². The molecule has 0 radical (unpaired) electrons. The molecular formula is C15H20F2N2O2. The van der Waals surface area contributed by atoms with Gasteiger partial charge in [0.1, 0.15) is 5.75 Å². The Morgan fingerprint density at radius 2 is 2.00 bits per heavy atom. The van der Waals surface area contributed by atoms with E-state index < -0.39 is 12.6 Å². The zero-order valence-electron chi connectivity index (χ0n) is 11.8. The van der Waals surface area contributed by atoms with Crippen LogP contribution in [-0.2, 0) is 0 Å². The van der Waals surface area contributed by atoms with Crippen molar-refractivity contribution in [1.29, 1.82) is 0 Å². The summed E-state index contributed by atoms with van der Waals surface area (Å²) < 4.78 is 28.9. The number of hydrogen-bond donors (Lipinski definition) is 2. The van der Waals surface area contributed by atoms with Crippen molar-refractivity contribution in [2.24, 2.45) is 5.92 Å². The largest absolute Gasteiger partial charge is 0.433 e. The first-order chi connectivity index (χ1) is 10.1. The predicted octanol–water partition coefficient (Wildman–Crippen LogP) is 3.99. The third-order valence-electron chi connectivity index (χ3n) is 3.66. The van der Waals surface area contributed by atoms with E-state index >= 15 is 0 Å². The molecule has 0 saturated heterocycles. The quantitative estimate of drug-likeness (QED) is 0.834. The summed E-state index contributed by atoms with van der Waals surface area (Å²) in [6, 6.07) is 5.72. The minimum Gasteiger partial charge on any atom is -0.433 e. The highest BCUT2D eigenvalue weighted by molar-refractivity contribution is 5.90. The number of carbonyl (C=O) groups excluding carboxylic acids is 1. The van der Waals surface area contributed by atoms with Gasteiger partial charge in [0.25, 0.3) is 0 Å². The highest BCUT2D eigenvalue weighted by Gasteiger charge is 2.15. The standard InChI is InChI=1S/C15H20F2N2O2/c16-14(17)21-13-8-4-3-7-12(13)19-15(20)18-10-9-11-5-1-2-6-11/h3-4,7-8,11,14H,1-2,5-6,9-10H2,(H2,18,19,20). The van der Waals surface area contributed by atoms with Crippen molar-refractivity contribution in [3.8, 4) is 5.75 Å². The fraction of sp³-hybridized carbons (Fsp3) is 0.533. The van der Waals surface area contributed by atoms with Crippen LogP contribution >= 0.6 is 0 Å². The number of nitrogens with one attached hydrogen (secondary N) is 2. The molecule has 1 saturated carbocycles. The molecule has 1 aromatic carbocycles. The van der Waals surface area contributed by atoms with Gasteiger partial charge in [0.2, 0.25) is 0 Å². The lowest BCUT2D eigenvalue weighted by atomic mass is 10.0. The summed E-state index contributed by atoms with van der Waals surface area (Å²) in [4.78, 5) is 11.8. The molecule has 2 amide bonds. The van der Waals surface area contributed by atoms with Gasteiger partial charge >= 0.3 is 12.6 Å². The predicted molar refractivity (Wildman–Crippen MR) is 76.7 cm³/mol. The molecule has 6 heteroatoms. The number of anilines is 1. The maximum Gasteiger partial charge on any atom is 0.387 e. The molecule has 0 heterocycles. The molecule has 2 N–H and O–H groups in total. The number of hydrogen-bond acceptors (Lipinski definition) is 2. The second kappa shape index (κ2) is 7.81. The second-order valence-electron chi connectivity index (χ2n) is 5.19. The molecule has 1 fully saturated rings. The lowest BCUT2D eigenvalue weighted by Crippen LogP contribution is -2.30. The minimum atomic E-state index is -2.92. The Hall–Kier alpha value is -1.85. The molecule has 4 nitrogen and oxygen atoms in total. The molecule has 21 heavy (non-hydrogen) atoms. The van der Waals surface area contributed by atoms with E-state index in [1.807, 2.05) is 0 Å². The van der Waals surface area contributed by atoms with Crippen molar-refractivity contribution in [3.05, 3.63) is 24.3 Å².